The number of rotatable bonds is 3. The van der Waals surface area contributed by atoms with Crippen molar-refractivity contribution in [2.45, 2.75) is 64.2 Å². The second kappa shape index (κ2) is 5.60. The second-order valence-electron chi connectivity index (χ2n) is 5.30. The van der Waals surface area contributed by atoms with E-state index in [0.717, 1.165) is 0 Å². The van der Waals surface area contributed by atoms with Crippen LogP contribution < -0.4 is 0 Å². The van der Waals surface area contributed by atoms with E-state index in [1.54, 1.807) is 13.8 Å². The second-order valence-corrected chi connectivity index (χ2v) is 5.30. The van der Waals surface area contributed by atoms with Crippen LogP contribution in [0.2, 0.25) is 0 Å². The zero-order valence-corrected chi connectivity index (χ0v) is 12.2. The van der Waals surface area contributed by atoms with Crippen molar-refractivity contribution in [3.8, 4) is 6.07 Å². The van der Waals surface area contributed by atoms with E-state index in [-0.39, 0.29) is 0 Å². The Kier molecular flexibility index (Phi) is 4.18. The number of hydrogen-bond donors (Lipinski definition) is 0. The first-order valence-corrected chi connectivity index (χ1v) is 6.48. The minimum atomic E-state index is -1.22. The topological polar surface area (TPSA) is 104 Å². The fourth-order valence-corrected chi connectivity index (χ4v) is 2.42. The predicted octanol–water partition coefficient (Wildman–Crippen LogP) is 0.250. The van der Waals surface area contributed by atoms with Crippen LogP contribution in [0.4, 0.5) is 0 Å². The summed E-state index contributed by atoms with van der Waals surface area (Å²) in [5.41, 5.74) is 0. The van der Waals surface area contributed by atoms with Crippen molar-refractivity contribution in [1.29, 1.82) is 5.26 Å². The minimum absolute atomic E-state index is 0.554. The fourth-order valence-electron chi connectivity index (χ4n) is 2.42. The molecule has 0 spiro atoms. The molecule has 116 valence electrons. The monoisotopic (exact) mass is 299 g/mol. The number of fused-ring (bicyclic) bond motifs is 1. The van der Waals surface area contributed by atoms with Gasteiger partial charge in [0.2, 0.25) is 6.10 Å². The number of carbonyl (C=O) groups is 2. The van der Waals surface area contributed by atoms with Gasteiger partial charge in [-0.25, -0.2) is 0 Å². The van der Waals surface area contributed by atoms with E-state index in [1.807, 2.05) is 6.07 Å². The Bertz CT molecular complexity index is 483. The lowest BCUT2D eigenvalue weighted by Crippen LogP contribution is -2.44. The molecule has 0 N–H and O–H groups in total. The molecule has 2 aliphatic heterocycles. The zero-order valence-electron chi connectivity index (χ0n) is 12.2. The summed E-state index contributed by atoms with van der Waals surface area (Å²) in [6.07, 6.45) is -4.54. The molecule has 2 fully saturated rings. The lowest BCUT2D eigenvalue weighted by molar-refractivity contribution is -0.228. The van der Waals surface area contributed by atoms with Crippen molar-refractivity contribution in [2.75, 3.05) is 0 Å². The Hall–Kier alpha value is -1.69. The summed E-state index contributed by atoms with van der Waals surface area (Å²) < 4.78 is 26.8. The maximum absolute atomic E-state index is 11.3. The van der Waals surface area contributed by atoms with Gasteiger partial charge in [-0.3, -0.25) is 9.59 Å². The van der Waals surface area contributed by atoms with E-state index in [4.69, 9.17) is 28.9 Å². The van der Waals surface area contributed by atoms with Crippen molar-refractivity contribution < 1.29 is 33.3 Å². The van der Waals surface area contributed by atoms with E-state index in [1.165, 1.54) is 13.8 Å². The normalized spacial score (nSPS) is 34.6. The predicted molar refractivity (Wildman–Crippen MR) is 65.4 cm³/mol. The van der Waals surface area contributed by atoms with Crippen molar-refractivity contribution in [2.24, 2.45) is 0 Å². The van der Waals surface area contributed by atoms with Crippen LogP contribution in [-0.2, 0) is 33.3 Å². The molecule has 1 unspecified atom stereocenters. The highest BCUT2D eigenvalue weighted by molar-refractivity contribution is 5.67. The van der Waals surface area contributed by atoms with Gasteiger partial charge in [-0.1, -0.05) is 0 Å². The molecule has 0 aliphatic carbocycles. The van der Waals surface area contributed by atoms with Crippen LogP contribution >= 0.6 is 0 Å². The summed E-state index contributed by atoms with van der Waals surface area (Å²) in [7, 11) is 0. The molecular weight excluding hydrogens is 282 g/mol. The molecule has 0 aromatic carbocycles. The molecule has 21 heavy (non-hydrogen) atoms. The maximum atomic E-state index is 11.3. The van der Waals surface area contributed by atoms with Gasteiger partial charge < -0.3 is 23.7 Å². The van der Waals surface area contributed by atoms with E-state index in [0.29, 0.717) is 0 Å². The average molecular weight is 299 g/mol. The van der Waals surface area contributed by atoms with E-state index in [2.05, 4.69) is 0 Å². The highest BCUT2D eigenvalue weighted by atomic mass is 16.8. The van der Waals surface area contributed by atoms with Gasteiger partial charge in [0.15, 0.2) is 30.4 Å². The number of carbonyl (C=O) groups excluding carboxylic acids is 2. The molecule has 0 aromatic rings. The molecule has 0 radical (unpaired) electrons. The zero-order chi connectivity index (χ0) is 15.8. The highest BCUT2D eigenvalue weighted by Gasteiger charge is 2.59. The molecular formula is C13H17NO7. The first kappa shape index (κ1) is 15.7. The summed E-state index contributed by atoms with van der Waals surface area (Å²) in [6, 6.07) is 1.82. The summed E-state index contributed by atoms with van der Waals surface area (Å²) in [5.74, 6) is -2.07. The molecule has 2 aliphatic rings. The third-order valence-electron chi connectivity index (χ3n) is 3.05. The lowest BCUT2D eigenvalue weighted by Gasteiger charge is -2.27. The van der Waals surface area contributed by atoms with E-state index < -0.39 is 48.4 Å². The number of esters is 2. The number of nitriles is 1. The van der Waals surface area contributed by atoms with Crippen LogP contribution in [0.1, 0.15) is 27.7 Å². The van der Waals surface area contributed by atoms with Gasteiger partial charge >= 0.3 is 11.9 Å². The average Bonchev–Trinajstić information content (AvgIpc) is 2.79. The Labute approximate surface area is 121 Å². The summed E-state index contributed by atoms with van der Waals surface area (Å²) in [5, 5.41) is 9.12. The molecule has 0 amide bonds. The Balaban J connectivity index is 2.20. The largest absolute Gasteiger partial charge is 0.457 e. The van der Waals surface area contributed by atoms with Crippen molar-refractivity contribution in [3.05, 3.63) is 0 Å². The Morgan fingerprint density at radius 3 is 2.43 bits per heavy atom. The van der Waals surface area contributed by atoms with Crippen LogP contribution in [0.3, 0.4) is 0 Å². The SMILES string of the molecule is CC(=O)OC(C#N)[C@H]1O[C@@H]2OC(C)(C)O[C@@H]2[C@H]1OC(C)=O. The molecule has 5 atom stereocenters. The molecule has 2 heterocycles. The van der Waals surface area contributed by atoms with Crippen LogP contribution in [-0.4, -0.2) is 48.4 Å². The number of nitrogens with zero attached hydrogens (tertiary/aromatic N) is 1. The highest BCUT2D eigenvalue weighted by Crippen LogP contribution is 2.40. The van der Waals surface area contributed by atoms with Crippen molar-refractivity contribution >= 4 is 11.9 Å². The van der Waals surface area contributed by atoms with Gasteiger partial charge in [0, 0.05) is 13.8 Å². The first-order chi connectivity index (χ1) is 9.73. The smallest absolute Gasteiger partial charge is 0.304 e. The first-order valence-electron chi connectivity index (χ1n) is 6.48. The van der Waals surface area contributed by atoms with Gasteiger partial charge in [0.05, 0.1) is 0 Å². The molecule has 8 heteroatoms. The Morgan fingerprint density at radius 1 is 1.24 bits per heavy atom. The van der Waals surface area contributed by atoms with Gasteiger partial charge in [-0.2, -0.15) is 5.26 Å². The van der Waals surface area contributed by atoms with Gasteiger partial charge in [-0.15, -0.1) is 0 Å². The molecule has 2 rings (SSSR count). The lowest BCUT2D eigenvalue weighted by atomic mass is 10.1. The third kappa shape index (κ3) is 3.32. The molecule has 2 saturated heterocycles. The molecule has 0 bridgehead atoms. The van der Waals surface area contributed by atoms with Crippen molar-refractivity contribution in [1.82, 2.24) is 0 Å². The van der Waals surface area contributed by atoms with Gasteiger partial charge in [-0.05, 0) is 13.8 Å². The minimum Gasteiger partial charge on any atom is -0.457 e. The quantitative estimate of drug-likeness (QED) is 0.683. The third-order valence-corrected chi connectivity index (χ3v) is 3.05. The van der Waals surface area contributed by atoms with Crippen LogP contribution in [0.5, 0.6) is 0 Å². The van der Waals surface area contributed by atoms with Crippen LogP contribution in [0.15, 0.2) is 0 Å². The summed E-state index contributed by atoms with van der Waals surface area (Å²) in [6.45, 7) is 5.81. The van der Waals surface area contributed by atoms with Crippen molar-refractivity contribution in [3.63, 3.8) is 0 Å². The molecule has 0 aromatic heterocycles. The van der Waals surface area contributed by atoms with Gasteiger partial charge in [0.25, 0.3) is 0 Å². The molecule has 0 saturated carbocycles. The number of ether oxygens (including phenoxy) is 5. The standard InChI is InChI=1S/C13H17NO7/c1-6(15)17-8(5-14)9-10(18-7(2)16)11-12(19-9)21-13(3,4)20-11/h8-12H,1-4H3/t8?,9-,10+,11-,12-/m1/s1. The fraction of sp³-hybridized carbons (Fsp3) is 0.769. The maximum Gasteiger partial charge on any atom is 0.304 e. The van der Waals surface area contributed by atoms with E-state index >= 15 is 0 Å². The van der Waals surface area contributed by atoms with E-state index in [9.17, 15) is 9.59 Å². The Morgan fingerprint density at radius 2 is 1.90 bits per heavy atom. The number of hydrogen-bond acceptors (Lipinski definition) is 8. The van der Waals surface area contributed by atoms with Crippen LogP contribution in [0, 0.1) is 11.3 Å². The molecule has 8 nitrogen and oxygen atoms in total. The summed E-state index contributed by atoms with van der Waals surface area (Å²) >= 11 is 0. The van der Waals surface area contributed by atoms with Gasteiger partial charge in [0.1, 0.15) is 6.07 Å². The summed E-state index contributed by atoms with van der Waals surface area (Å²) in [4.78, 5) is 22.3. The van der Waals surface area contributed by atoms with Crippen LogP contribution in [0.25, 0.3) is 0 Å².